The Morgan fingerprint density at radius 3 is 1.85 bits per heavy atom. The van der Waals surface area contributed by atoms with E-state index in [1.54, 1.807) is 49.4 Å². The monoisotopic (exact) mass is 573 g/mol. The summed E-state index contributed by atoms with van der Waals surface area (Å²) >= 11 is 0. The predicted molar refractivity (Wildman–Crippen MR) is 152 cm³/mol. The van der Waals surface area contributed by atoms with Gasteiger partial charge in [0.2, 0.25) is 0 Å². The molecule has 3 aromatic rings. The third-order valence-corrected chi connectivity index (χ3v) is 6.74. The van der Waals surface area contributed by atoms with Gasteiger partial charge in [0.15, 0.2) is 15.8 Å². The van der Waals surface area contributed by atoms with Crippen LogP contribution < -0.4 is 35.9 Å². The van der Waals surface area contributed by atoms with Crippen LogP contribution in [0.5, 0.6) is 23.0 Å². The van der Waals surface area contributed by atoms with Crippen molar-refractivity contribution in [3.8, 4) is 34.1 Å². The van der Waals surface area contributed by atoms with Crippen LogP contribution in [-0.4, -0.2) is 72.1 Å². The first-order valence-electron chi connectivity index (χ1n) is 11.6. The largest absolute Gasteiger partial charge is 0.497 e. The Balaban J connectivity index is 0.000000360. The van der Waals surface area contributed by atoms with Crippen LogP contribution in [0.1, 0.15) is 15.9 Å². The maximum Gasteiger partial charge on any atom is 0.492 e. The first-order valence-corrected chi connectivity index (χ1v) is 13.5. The molecule has 0 saturated carbocycles. The second kappa shape index (κ2) is 13.7. The van der Waals surface area contributed by atoms with Crippen molar-refractivity contribution in [2.45, 2.75) is 11.8 Å². The number of aliphatic imine (C=N–C) groups is 1. The van der Waals surface area contributed by atoms with Gasteiger partial charge >= 0.3 is 7.12 Å². The molecule has 0 fully saturated rings. The molecular formula is C26H32BN3O9S. The van der Waals surface area contributed by atoms with Crippen LogP contribution in [0.3, 0.4) is 0 Å². The Hall–Kier alpha value is -4.27. The number of carbonyl (C=O) groups is 1. The molecule has 40 heavy (non-hydrogen) atoms. The molecule has 3 aromatic carbocycles. The van der Waals surface area contributed by atoms with Gasteiger partial charge in [0.1, 0.15) is 23.0 Å². The second-order valence-corrected chi connectivity index (χ2v) is 10.3. The number of sulfone groups is 1. The van der Waals surface area contributed by atoms with Gasteiger partial charge in [0.05, 0.1) is 33.3 Å². The summed E-state index contributed by atoms with van der Waals surface area (Å²) in [5.74, 6) is 0.886. The Labute approximate surface area is 233 Å². The summed E-state index contributed by atoms with van der Waals surface area (Å²) in [7, 11) is 0.783. The number of hydrogen-bond donors (Lipinski definition) is 4. The molecule has 0 atom stereocenters. The van der Waals surface area contributed by atoms with Crippen LogP contribution in [-0.2, 0) is 9.84 Å². The van der Waals surface area contributed by atoms with Crippen LogP contribution in [0, 0.1) is 6.92 Å². The van der Waals surface area contributed by atoms with Crippen LogP contribution >= 0.6 is 0 Å². The van der Waals surface area contributed by atoms with E-state index in [9.17, 15) is 13.2 Å². The molecule has 0 saturated heterocycles. The van der Waals surface area contributed by atoms with E-state index in [0.717, 1.165) is 6.26 Å². The summed E-state index contributed by atoms with van der Waals surface area (Å²) in [6, 6.07) is 12.7. The number of carbonyl (C=O) groups excluding carboxylic acids is 1. The molecule has 0 radical (unpaired) electrons. The lowest BCUT2D eigenvalue weighted by Gasteiger charge is -2.16. The highest BCUT2D eigenvalue weighted by Gasteiger charge is 2.22. The lowest BCUT2D eigenvalue weighted by atomic mass is 9.79. The predicted octanol–water partition coefficient (Wildman–Crippen LogP) is 0.880. The summed E-state index contributed by atoms with van der Waals surface area (Å²) in [6.45, 7) is 1.67. The SMILES string of the molecule is COc1ccc(-c2cc(C)c(C(=O)N=C(N)N)cc2S(C)(=O)=O)c(OC)c1.COc1ccc(B(O)O)c(OC)c1. The van der Waals surface area contributed by atoms with Crippen molar-refractivity contribution >= 4 is 34.3 Å². The summed E-state index contributed by atoms with van der Waals surface area (Å²) in [6.07, 6.45) is 1.06. The van der Waals surface area contributed by atoms with Crippen molar-refractivity contribution in [1.29, 1.82) is 0 Å². The fourth-order valence-electron chi connectivity index (χ4n) is 3.67. The van der Waals surface area contributed by atoms with E-state index in [0.29, 0.717) is 45.2 Å². The van der Waals surface area contributed by atoms with Crippen LogP contribution in [0.2, 0.25) is 0 Å². The zero-order valence-corrected chi connectivity index (χ0v) is 23.8. The molecule has 214 valence electrons. The zero-order valence-electron chi connectivity index (χ0n) is 23.0. The van der Waals surface area contributed by atoms with Crippen LogP contribution in [0.25, 0.3) is 11.1 Å². The quantitative estimate of drug-likeness (QED) is 0.170. The van der Waals surface area contributed by atoms with Gasteiger partial charge in [-0.15, -0.1) is 0 Å². The van der Waals surface area contributed by atoms with Gasteiger partial charge in [-0.25, -0.2) is 8.42 Å². The van der Waals surface area contributed by atoms with Gasteiger partial charge in [-0.05, 0) is 42.8 Å². The van der Waals surface area contributed by atoms with Crippen molar-refractivity contribution in [3.63, 3.8) is 0 Å². The number of methoxy groups -OCH3 is 4. The third-order valence-electron chi connectivity index (χ3n) is 5.60. The van der Waals surface area contributed by atoms with Crippen molar-refractivity contribution < 1.29 is 42.2 Å². The number of hydrogen-bond acceptors (Lipinski definition) is 9. The maximum atomic E-state index is 12.4. The number of nitrogens with zero attached hydrogens (tertiary/aromatic N) is 1. The van der Waals surface area contributed by atoms with E-state index in [1.165, 1.54) is 34.5 Å². The number of ether oxygens (including phenoxy) is 4. The molecule has 0 unspecified atom stereocenters. The van der Waals surface area contributed by atoms with Crippen molar-refractivity contribution in [1.82, 2.24) is 0 Å². The summed E-state index contributed by atoms with van der Waals surface area (Å²) in [5.41, 5.74) is 12.4. The van der Waals surface area contributed by atoms with Crippen LogP contribution in [0.15, 0.2) is 58.4 Å². The van der Waals surface area contributed by atoms with Gasteiger partial charge < -0.3 is 40.5 Å². The average Bonchev–Trinajstić information content (AvgIpc) is 2.91. The molecular weight excluding hydrogens is 541 g/mol. The summed E-state index contributed by atoms with van der Waals surface area (Å²) < 4.78 is 45.2. The van der Waals surface area contributed by atoms with E-state index >= 15 is 0 Å². The first kappa shape index (κ1) is 31.9. The molecule has 0 bridgehead atoms. The number of amides is 1. The Bertz CT molecular complexity index is 1510. The molecule has 14 heteroatoms. The number of guanidine groups is 1. The van der Waals surface area contributed by atoms with Crippen molar-refractivity contribution in [2.24, 2.45) is 16.5 Å². The zero-order chi connectivity index (χ0) is 30.2. The van der Waals surface area contributed by atoms with Gasteiger partial charge in [-0.1, -0.05) is 6.07 Å². The minimum Gasteiger partial charge on any atom is -0.497 e. The topological polar surface area (TPSA) is 193 Å². The molecule has 1 amide bonds. The molecule has 0 aliphatic rings. The van der Waals surface area contributed by atoms with Crippen molar-refractivity contribution in [3.05, 3.63) is 59.7 Å². The van der Waals surface area contributed by atoms with Gasteiger partial charge in [0, 0.05) is 40.5 Å². The second-order valence-electron chi connectivity index (χ2n) is 8.33. The fraction of sp³-hybridized carbons (Fsp3) is 0.231. The molecule has 0 spiro atoms. The van der Waals surface area contributed by atoms with Crippen LogP contribution in [0.4, 0.5) is 0 Å². The van der Waals surface area contributed by atoms with Gasteiger partial charge in [0.25, 0.3) is 5.91 Å². The Morgan fingerprint density at radius 1 is 0.825 bits per heavy atom. The normalized spacial score (nSPS) is 10.5. The standard InChI is InChI=1S/C18H21N3O5S.C8H11BO4/c1-10-7-14(12-6-5-11(25-2)8-15(12)26-3)16(27(4,23)24)9-13(10)17(22)21-18(19)20;1-12-6-3-4-7(9(10)11)8(5-6)13-2/h5-9H,1-4H3,(H4,19,20,21,22);3-5,10-11H,1-2H3. The number of benzene rings is 3. The van der Waals surface area contributed by atoms with E-state index in [-0.39, 0.29) is 10.5 Å². The van der Waals surface area contributed by atoms with E-state index < -0.39 is 28.8 Å². The minimum atomic E-state index is -3.67. The highest BCUT2D eigenvalue weighted by atomic mass is 32.2. The molecule has 0 aromatic heterocycles. The smallest absolute Gasteiger partial charge is 0.492 e. The fourth-order valence-corrected chi connectivity index (χ4v) is 4.57. The average molecular weight is 573 g/mol. The maximum absolute atomic E-state index is 12.4. The van der Waals surface area contributed by atoms with Crippen molar-refractivity contribution in [2.75, 3.05) is 34.7 Å². The Kier molecular flexibility index (Phi) is 10.9. The molecule has 0 heterocycles. The summed E-state index contributed by atoms with van der Waals surface area (Å²) in [5, 5.41) is 17.9. The van der Waals surface area contributed by atoms with E-state index in [4.69, 9.17) is 40.5 Å². The third kappa shape index (κ3) is 7.88. The lowest BCUT2D eigenvalue weighted by molar-refractivity contribution is 0.100. The molecule has 0 aliphatic carbocycles. The highest BCUT2D eigenvalue weighted by molar-refractivity contribution is 7.90. The molecule has 12 nitrogen and oxygen atoms in total. The summed E-state index contributed by atoms with van der Waals surface area (Å²) in [4.78, 5) is 15.7. The van der Waals surface area contributed by atoms with Gasteiger partial charge in [-0.3, -0.25) is 4.79 Å². The number of aryl methyl sites for hydroxylation is 1. The molecule has 6 N–H and O–H groups in total. The minimum absolute atomic E-state index is 0.0364. The Morgan fingerprint density at radius 2 is 1.38 bits per heavy atom. The van der Waals surface area contributed by atoms with E-state index in [2.05, 4.69) is 4.99 Å². The highest BCUT2D eigenvalue weighted by Crippen LogP contribution is 2.38. The van der Waals surface area contributed by atoms with Gasteiger partial charge in [-0.2, -0.15) is 4.99 Å². The molecule has 0 aliphatic heterocycles. The lowest BCUT2D eigenvalue weighted by Crippen LogP contribution is -2.31. The molecule has 3 rings (SSSR count). The van der Waals surface area contributed by atoms with E-state index in [1.807, 2.05) is 0 Å². The number of nitrogens with two attached hydrogens (primary N) is 2. The number of rotatable bonds is 8. The first-order chi connectivity index (χ1) is 18.8.